The standard InChI is InChI=1S/C19H19BrN8O/c1-2-12-7-23-10-19(12,18-24-5-11(4-21)6-25-18)27-16-14(17(22)29)8-26-28-9-13(20)3-15(16)28/h3,5-6,8-9,12,23,27H,2,7,10H2,1H3,(H2,22,29)/t12-,19+/m0/s1. The largest absolute Gasteiger partial charge is 0.369 e. The first kappa shape index (κ1) is 19.3. The number of halogens is 1. The lowest BCUT2D eigenvalue weighted by Gasteiger charge is -2.35. The molecular formula is C19H19BrN8O. The van der Waals surface area contributed by atoms with Gasteiger partial charge in [0, 0.05) is 42.1 Å². The number of nitrogens with two attached hydrogens (primary N) is 1. The van der Waals surface area contributed by atoms with Gasteiger partial charge < -0.3 is 16.4 Å². The monoisotopic (exact) mass is 454 g/mol. The number of nitriles is 1. The Bertz CT molecular complexity index is 1120. The summed E-state index contributed by atoms with van der Waals surface area (Å²) in [5.74, 6) is 0.141. The van der Waals surface area contributed by atoms with Crippen LogP contribution in [0.3, 0.4) is 0 Å². The number of nitrogens with one attached hydrogen (secondary N) is 2. The average Bonchev–Trinajstić information content (AvgIpc) is 3.31. The highest BCUT2D eigenvalue weighted by Gasteiger charge is 2.46. The molecular weight excluding hydrogens is 436 g/mol. The lowest BCUT2D eigenvalue weighted by molar-refractivity contribution is 0.100. The van der Waals surface area contributed by atoms with Crippen molar-refractivity contribution in [1.29, 1.82) is 5.26 Å². The van der Waals surface area contributed by atoms with Crippen molar-refractivity contribution in [2.24, 2.45) is 11.7 Å². The smallest absolute Gasteiger partial charge is 0.252 e. The van der Waals surface area contributed by atoms with E-state index in [1.165, 1.54) is 18.6 Å². The Hall–Kier alpha value is -3.03. The second-order valence-corrected chi connectivity index (χ2v) is 7.94. The zero-order valence-corrected chi connectivity index (χ0v) is 17.3. The number of primary amides is 1. The van der Waals surface area contributed by atoms with Gasteiger partial charge in [-0.1, -0.05) is 6.92 Å². The number of hydrogen-bond donors (Lipinski definition) is 3. The van der Waals surface area contributed by atoms with Gasteiger partial charge in [0.15, 0.2) is 5.82 Å². The van der Waals surface area contributed by atoms with Crippen LogP contribution < -0.4 is 16.4 Å². The molecule has 0 unspecified atom stereocenters. The Labute approximate surface area is 175 Å². The molecule has 0 saturated carbocycles. The first-order chi connectivity index (χ1) is 14.0. The van der Waals surface area contributed by atoms with Crippen LogP contribution in [0, 0.1) is 17.2 Å². The van der Waals surface area contributed by atoms with Crippen molar-refractivity contribution in [3.63, 3.8) is 0 Å². The fourth-order valence-corrected chi connectivity index (χ4v) is 4.31. The van der Waals surface area contributed by atoms with Crippen LogP contribution in [0.1, 0.15) is 35.1 Å². The summed E-state index contributed by atoms with van der Waals surface area (Å²) in [5, 5.41) is 20.3. The lowest BCUT2D eigenvalue weighted by Crippen LogP contribution is -2.45. The minimum Gasteiger partial charge on any atom is -0.369 e. The highest BCUT2D eigenvalue weighted by Crippen LogP contribution is 2.39. The molecule has 1 amide bonds. The van der Waals surface area contributed by atoms with E-state index in [9.17, 15) is 4.79 Å². The number of aromatic nitrogens is 4. The van der Waals surface area contributed by atoms with Gasteiger partial charge in [-0.25, -0.2) is 14.5 Å². The van der Waals surface area contributed by atoms with Crippen LogP contribution in [-0.4, -0.2) is 38.6 Å². The first-order valence-electron chi connectivity index (χ1n) is 9.16. The number of carbonyl (C=O) groups excluding carboxylic acids is 1. The van der Waals surface area contributed by atoms with Crippen molar-refractivity contribution in [3.8, 4) is 6.07 Å². The van der Waals surface area contributed by atoms with E-state index in [2.05, 4.69) is 48.6 Å². The number of hydrogen-bond acceptors (Lipinski definition) is 7. The molecule has 4 heterocycles. The Morgan fingerprint density at radius 2 is 2.24 bits per heavy atom. The number of rotatable bonds is 5. The Kier molecular flexibility index (Phi) is 4.94. The van der Waals surface area contributed by atoms with Gasteiger partial charge in [-0.2, -0.15) is 10.4 Å². The highest BCUT2D eigenvalue weighted by molar-refractivity contribution is 9.10. The molecule has 9 nitrogen and oxygen atoms in total. The summed E-state index contributed by atoms with van der Waals surface area (Å²) < 4.78 is 2.50. The maximum atomic E-state index is 12.2. The summed E-state index contributed by atoms with van der Waals surface area (Å²) in [7, 11) is 0. The molecule has 0 spiro atoms. The molecule has 1 saturated heterocycles. The van der Waals surface area contributed by atoms with E-state index in [-0.39, 0.29) is 11.5 Å². The van der Waals surface area contributed by atoms with Crippen LogP contribution in [0.4, 0.5) is 5.69 Å². The third-order valence-corrected chi connectivity index (χ3v) is 5.82. The summed E-state index contributed by atoms with van der Waals surface area (Å²) in [6, 6.07) is 3.92. The van der Waals surface area contributed by atoms with Crippen LogP contribution in [0.15, 0.2) is 35.3 Å². The molecule has 3 aromatic rings. The zero-order valence-electron chi connectivity index (χ0n) is 15.7. The van der Waals surface area contributed by atoms with Gasteiger partial charge in [-0.05, 0) is 28.4 Å². The van der Waals surface area contributed by atoms with Crippen molar-refractivity contribution in [2.75, 3.05) is 18.4 Å². The summed E-state index contributed by atoms with van der Waals surface area (Å²) in [4.78, 5) is 21.1. The van der Waals surface area contributed by atoms with Crippen molar-refractivity contribution in [1.82, 2.24) is 24.9 Å². The fourth-order valence-electron chi connectivity index (χ4n) is 3.90. The molecule has 1 aliphatic rings. The van der Waals surface area contributed by atoms with Gasteiger partial charge in [-0.3, -0.25) is 4.79 Å². The van der Waals surface area contributed by atoms with Gasteiger partial charge >= 0.3 is 0 Å². The van der Waals surface area contributed by atoms with Gasteiger partial charge in [-0.15, -0.1) is 0 Å². The van der Waals surface area contributed by atoms with Gasteiger partial charge in [0.25, 0.3) is 5.91 Å². The van der Waals surface area contributed by atoms with Gasteiger partial charge in [0.1, 0.15) is 11.6 Å². The fraction of sp³-hybridized carbons (Fsp3) is 0.316. The third kappa shape index (κ3) is 3.22. The molecule has 0 aromatic carbocycles. The summed E-state index contributed by atoms with van der Waals surface area (Å²) in [6.07, 6.45) is 7.16. The van der Waals surface area contributed by atoms with Gasteiger partial charge in [0.2, 0.25) is 0 Å². The SMILES string of the molecule is CC[C@H]1CNC[C@]1(Nc1c(C(N)=O)cnn2cc(Br)cc12)c1ncc(C#N)cn1. The van der Waals surface area contributed by atoms with E-state index >= 15 is 0 Å². The second kappa shape index (κ2) is 7.42. The van der Waals surface area contributed by atoms with Crippen LogP contribution in [0.5, 0.6) is 0 Å². The van der Waals surface area contributed by atoms with E-state index in [1.54, 1.807) is 10.7 Å². The van der Waals surface area contributed by atoms with Crippen molar-refractivity contribution in [3.05, 3.63) is 52.3 Å². The molecule has 4 N–H and O–H groups in total. The van der Waals surface area contributed by atoms with E-state index in [4.69, 9.17) is 11.0 Å². The van der Waals surface area contributed by atoms with Crippen molar-refractivity contribution < 1.29 is 4.79 Å². The summed E-state index contributed by atoms with van der Waals surface area (Å²) >= 11 is 3.46. The topological polar surface area (TPSA) is 134 Å². The zero-order chi connectivity index (χ0) is 20.6. The maximum Gasteiger partial charge on any atom is 0.252 e. The molecule has 148 valence electrons. The lowest BCUT2D eigenvalue weighted by atomic mass is 9.83. The normalized spacial score (nSPS) is 21.2. The minimum atomic E-state index is -0.675. The molecule has 1 aliphatic heterocycles. The predicted octanol–water partition coefficient (Wildman–Crippen LogP) is 1.79. The average molecular weight is 455 g/mol. The second-order valence-electron chi connectivity index (χ2n) is 7.03. The van der Waals surface area contributed by atoms with E-state index in [1.807, 2.05) is 12.1 Å². The molecule has 3 aromatic heterocycles. The molecule has 0 radical (unpaired) electrons. The molecule has 1 fully saturated rings. The Balaban J connectivity index is 1.91. The number of amides is 1. The molecule has 0 bridgehead atoms. The van der Waals surface area contributed by atoms with Crippen molar-refractivity contribution >= 4 is 33.0 Å². The predicted molar refractivity (Wildman–Crippen MR) is 110 cm³/mol. The van der Waals surface area contributed by atoms with Crippen LogP contribution in [0.2, 0.25) is 0 Å². The number of anilines is 1. The highest BCUT2D eigenvalue weighted by atomic mass is 79.9. The van der Waals surface area contributed by atoms with Crippen molar-refractivity contribution in [2.45, 2.75) is 18.9 Å². The first-order valence-corrected chi connectivity index (χ1v) is 9.96. The molecule has 0 aliphatic carbocycles. The van der Waals surface area contributed by atoms with Crippen LogP contribution in [-0.2, 0) is 5.54 Å². The van der Waals surface area contributed by atoms with E-state index in [0.717, 1.165) is 17.4 Å². The molecule has 2 atom stereocenters. The molecule has 4 rings (SSSR count). The van der Waals surface area contributed by atoms with E-state index in [0.29, 0.717) is 29.1 Å². The van der Waals surface area contributed by atoms with Gasteiger partial charge in [0.05, 0.1) is 28.5 Å². The third-order valence-electron chi connectivity index (χ3n) is 5.38. The quantitative estimate of drug-likeness (QED) is 0.534. The Morgan fingerprint density at radius 1 is 1.48 bits per heavy atom. The maximum absolute atomic E-state index is 12.2. The summed E-state index contributed by atoms with van der Waals surface area (Å²) in [5.41, 5.74) is 6.94. The Morgan fingerprint density at radius 3 is 2.90 bits per heavy atom. The number of carbonyl (C=O) groups is 1. The van der Waals surface area contributed by atoms with Crippen LogP contribution >= 0.6 is 15.9 Å². The van der Waals surface area contributed by atoms with Crippen LogP contribution in [0.25, 0.3) is 5.52 Å². The number of fused-ring (bicyclic) bond motifs is 1. The summed E-state index contributed by atoms with van der Waals surface area (Å²) in [6.45, 7) is 3.43. The minimum absolute atomic E-state index is 0.155. The van der Waals surface area contributed by atoms with E-state index < -0.39 is 11.4 Å². The molecule has 29 heavy (non-hydrogen) atoms. The molecule has 10 heteroatoms. The number of nitrogens with zero attached hydrogens (tertiary/aromatic N) is 5.